The first-order chi connectivity index (χ1) is 11.2. The van der Waals surface area contributed by atoms with Crippen molar-refractivity contribution in [1.29, 1.82) is 0 Å². The number of piperidine rings is 1. The highest BCUT2D eigenvalue weighted by Gasteiger charge is 2.38. The number of carbonyl (C=O) groups excluding carboxylic acids is 1. The Kier molecular flexibility index (Phi) is 4.17. The highest BCUT2D eigenvalue weighted by Crippen LogP contribution is 2.28. The van der Waals surface area contributed by atoms with Crippen LogP contribution in [-0.4, -0.2) is 37.6 Å². The third kappa shape index (κ3) is 3.82. The van der Waals surface area contributed by atoms with Crippen LogP contribution in [0.4, 0.5) is 0 Å². The summed E-state index contributed by atoms with van der Waals surface area (Å²) in [6.07, 6.45) is 8.63. The van der Waals surface area contributed by atoms with Crippen LogP contribution < -0.4 is 10.6 Å². The molecule has 0 bridgehead atoms. The number of hydrogen-bond donors (Lipinski definition) is 2. The molecule has 0 radical (unpaired) electrons. The van der Waals surface area contributed by atoms with Gasteiger partial charge in [-0.15, -0.1) is 0 Å². The fourth-order valence-corrected chi connectivity index (χ4v) is 3.79. The zero-order valence-electron chi connectivity index (χ0n) is 14.7. The standard InChI is InChI=1S/C18H25N5O/c1-17(2)10-14(11-18(3,4)22-17)21-16(24)13-5-6-20-15(9-13)23-8-7-19-12-23/h5-9,12,14,22H,10-11H2,1-4H3,(H,21,24). The van der Waals surface area contributed by atoms with Crippen LogP contribution in [0.2, 0.25) is 0 Å². The molecular weight excluding hydrogens is 302 g/mol. The summed E-state index contributed by atoms with van der Waals surface area (Å²) < 4.78 is 1.79. The number of aromatic nitrogens is 3. The second-order valence-electron chi connectivity index (χ2n) is 7.84. The van der Waals surface area contributed by atoms with Gasteiger partial charge in [-0.3, -0.25) is 9.36 Å². The van der Waals surface area contributed by atoms with Crippen molar-refractivity contribution in [3.8, 4) is 5.82 Å². The number of carbonyl (C=O) groups is 1. The van der Waals surface area contributed by atoms with Gasteiger partial charge in [0.25, 0.3) is 5.91 Å². The van der Waals surface area contributed by atoms with Crippen molar-refractivity contribution in [2.24, 2.45) is 0 Å². The largest absolute Gasteiger partial charge is 0.349 e. The molecule has 6 nitrogen and oxygen atoms in total. The van der Waals surface area contributed by atoms with E-state index in [0.29, 0.717) is 11.4 Å². The lowest BCUT2D eigenvalue weighted by Crippen LogP contribution is -2.62. The van der Waals surface area contributed by atoms with Crippen LogP contribution in [0.15, 0.2) is 37.1 Å². The van der Waals surface area contributed by atoms with Gasteiger partial charge in [-0.25, -0.2) is 9.97 Å². The molecule has 0 aliphatic carbocycles. The summed E-state index contributed by atoms with van der Waals surface area (Å²) in [7, 11) is 0. The van der Waals surface area contributed by atoms with E-state index in [1.807, 2.05) is 6.20 Å². The molecule has 1 saturated heterocycles. The second-order valence-corrected chi connectivity index (χ2v) is 7.84. The summed E-state index contributed by atoms with van der Waals surface area (Å²) in [5.41, 5.74) is 0.614. The van der Waals surface area contributed by atoms with Crippen LogP contribution in [0.3, 0.4) is 0 Å². The zero-order chi connectivity index (χ0) is 17.4. The Morgan fingerprint density at radius 3 is 2.58 bits per heavy atom. The molecule has 0 unspecified atom stereocenters. The van der Waals surface area contributed by atoms with Crippen molar-refractivity contribution >= 4 is 5.91 Å². The number of amides is 1. The Labute approximate surface area is 142 Å². The fourth-order valence-electron chi connectivity index (χ4n) is 3.79. The molecule has 6 heteroatoms. The number of imidazole rings is 1. The second kappa shape index (κ2) is 6.02. The number of rotatable bonds is 3. The first-order valence-electron chi connectivity index (χ1n) is 8.29. The van der Waals surface area contributed by atoms with E-state index in [1.165, 1.54) is 0 Å². The minimum atomic E-state index is -0.0581. The molecule has 0 saturated carbocycles. The maximum atomic E-state index is 12.7. The van der Waals surface area contributed by atoms with Crippen molar-refractivity contribution in [3.63, 3.8) is 0 Å². The molecule has 3 heterocycles. The predicted octanol–water partition coefficient (Wildman–Crippen LogP) is 2.31. The third-order valence-corrected chi connectivity index (χ3v) is 4.30. The molecule has 24 heavy (non-hydrogen) atoms. The lowest BCUT2D eigenvalue weighted by atomic mass is 9.79. The van der Waals surface area contributed by atoms with Crippen LogP contribution in [0.5, 0.6) is 0 Å². The Morgan fingerprint density at radius 1 is 1.25 bits per heavy atom. The van der Waals surface area contributed by atoms with Gasteiger partial charge >= 0.3 is 0 Å². The summed E-state index contributed by atoms with van der Waals surface area (Å²) in [4.78, 5) is 21.0. The topological polar surface area (TPSA) is 71.8 Å². The molecule has 1 aliphatic rings. The van der Waals surface area contributed by atoms with E-state index in [0.717, 1.165) is 12.8 Å². The molecule has 1 amide bonds. The first-order valence-corrected chi connectivity index (χ1v) is 8.29. The van der Waals surface area contributed by atoms with Crippen molar-refractivity contribution in [1.82, 2.24) is 25.2 Å². The molecule has 1 fully saturated rings. The van der Waals surface area contributed by atoms with Crippen LogP contribution in [0.25, 0.3) is 5.82 Å². The Bertz CT molecular complexity index is 705. The lowest BCUT2D eigenvalue weighted by molar-refractivity contribution is 0.0873. The maximum absolute atomic E-state index is 12.7. The molecule has 2 aromatic heterocycles. The quantitative estimate of drug-likeness (QED) is 0.907. The van der Waals surface area contributed by atoms with Gasteiger partial charge in [-0.05, 0) is 52.7 Å². The van der Waals surface area contributed by atoms with Crippen molar-refractivity contribution in [2.45, 2.75) is 57.7 Å². The molecule has 0 atom stereocenters. The smallest absolute Gasteiger partial charge is 0.251 e. The number of nitrogens with zero attached hydrogens (tertiary/aromatic N) is 3. The summed E-state index contributed by atoms with van der Waals surface area (Å²) >= 11 is 0. The van der Waals surface area contributed by atoms with Gasteiger partial charge < -0.3 is 10.6 Å². The first kappa shape index (κ1) is 16.6. The van der Waals surface area contributed by atoms with Gasteiger partial charge in [0.05, 0.1) is 0 Å². The van der Waals surface area contributed by atoms with Gasteiger partial charge in [-0.1, -0.05) is 0 Å². The van der Waals surface area contributed by atoms with Gasteiger partial charge in [0.2, 0.25) is 0 Å². The highest BCUT2D eigenvalue weighted by molar-refractivity contribution is 5.94. The molecule has 2 aromatic rings. The van der Waals surface area contributed by atoms with Crippen LogP contribution >= 0.6 is 0 Å². The number of nitrogens with one attached hydrogen (secondary N) is 2. The maximum Gasteiger partial charge on any atom is 0.251 e. The van der Waals surface area contributed by atoms with Gasteiger partial charge in [-0.2, -0.15) is 0 Å². The molecule has 0 spiro atoms. The third-order valence-electron chi connectivity index (χ3n) is 4.30. The van der Waals surface area contributed by atoms with E-state index >= 15 is 0 Å². The minimum Gasteiger partial charge on any atom is -0.349 e. The van der Waals surface area contributed by atoms with E-state index < -0.39 is 0 Å². The van der Waals surface area contributed by atoms with Crippen molar-refractivity contribution < 1.29 is 4.79 Å². The Morgan fingerprint density at radius 2 is 1.96 bits per heavy atom. The minimum absolute atomic E-state index is 0.0000890. The van der Waals surface area contributed by atoms with Crippen molar-refractivity contribution in [3.05, 3.63) is 42.6 Å². The van der Waals surface area contributed by atoms with E-state index in [1.54, 1.807) is 35.4 Å². The van der Waals surface area contributed by atoms with Gasteiger partial charge in [0.15, 0.2) is 0 Å². The lowest BCUT2D eigenvalue weighted by Gasteiger charge is -2.46. The summed E-state index contributed by atoms with van der Waals surface area (Å²) in [6, 6.07) is 3.68. The highest BCUT2D eigenvalue weighted by atomic mass is 16.1. The number of pyridine rings is 1. The summed E-state index contributed by atoms with van der Waals surface area (Å²) in [5.74, 6) is 0.628. The van der Waals surface area contributed by atoms with Gasteiger partial charge in [0, 0.05) is 41.3 Å². The van der Waals surface area contributed by atoms with Crippen LogP contribution in [0, 0.1) is 0 Å². The molecule has 0 aromatic carbocycles. The van der Waals surface area contributed by atoms with E-state index in [9.17, 15) is 4.79 Å². The summed E-state index contributed by atoms with van der Waals surface area (Å²) in [6.45, 7) is 8.71. The van der Waals surface area contributed by atoms with Crippen LogP contribution in [-0.2, 0) is 0 Å². The predicted molar refractivity (Wildman–Crippen MR) is 93.1 cm³/mol. The molecule has 128 valence electrons. The van der Waals surface area contributed by atoms with Crippen LogP contribution in [0.1, 0.15) is 50.9 Å². The monoisotopic (exact) mass is 327 g/mol. The fraction of sp³-hybridized carbons (Fsp3) is 0.500. The SMILES string of the molecule is CC1(C)CC(NC(=O)c2ccnc(-n3ccnc3)c2)CC(C)(C)N1. The van der Waals surface area contributed by atoms with Crippen molar-refractivity contribution in [2.75, 3.05) is 0 Å². The van der Waals surface area contributed by atoms with E-state index in [2.05, 4.69) is 48.3 Å². The van der Waals surface area contributed by atoms with Gasteiger partial charge in [0.1, 0.15) is 12.1 Å². The number of hydrogen-bond acceptors (Lipinski definition) is 4. The normalized spacial score (nSPS) is 19.8. The summed E-state index contributed by atoms with van der Waals surface area (Å²) in [5, 5.41) is 6.82. The molecule has 2 N–H and O–H groups in total. The molecule has 3 rings (SSSR count). The molecule has 1 aliphatic heterocycles. The molecular formula is C18H25N5O. The average Bonchev–Trinajstić information content (AvgIpc) is 2.98. The van der Waals surface area contributed by atoms with E-state index in [-0.39, 0.29) is 23.0 Å². The Balaban J connectivity index is 1.74. The Hall–Kier alpha value is -2.21. The van der Waals surface area contributed by atoms with E-state index in [4.69, 9.17) is 0 Å². The average molecular weight is 327 g/mol. The zero-order valence-corrected chi connectivity index (χ0v) is 14.7.